The van der Waals surface area contributed by atoms with Crippen LogP contribution in [0.3, 0.4) is 0 Å². The molecule has 1 N–H and O–H groups in total. The lowest BCUT2D eigenvalue weighted by atomic mass is 10.2. The van der Waals surface area contributed by atoms with Crippen molar-refractivity contribution in [3.63, 3.8) is 0 Å². The maximum absolute atomic E-state index is 12.3. The van der Waals surface area contributed by atoms with Gasteiger partial charge in [-0.3, -0.25) is 14.4 Å². The largest absolute Gasteiger partial charge is 0.344 e. The monoisotopic (exact) mass is 333 g/mol. The van der Waals surface area contributed by atoms with Gasteiger partial charge in [0.15, 0.2) is 5.69 Å². The number of carbonyl (C=O) groups is 1. The highest BCUT2D eigenvalue weighted by molar-refractivity contribution is 7.09. The van der Waals surface area contributed by atoms with E-state index < -0.39 is 0 Å². The van der Waals surface area contributed by atoms with Crippen LogP contribution in [0.1, 0.15) is 47.7 Å². The van der Waals surface area contributed by atoms with Gasteiger partial charge in [0.2, 0.25) is 0 Å². The normalized spacial score (nSPS) is 15.0. The SMILES string of the molecule is CCc1csc(CNC(=O)c2cc3n(n2)CCN(C(C)C)C3)n1. The summed E-state index contributed by atoms with van der Waals surface area (Å²) in [5.41, 5.74) is 2.68. The smallest absolute Gasteiger partial charge is 0.272 e. The average molecular weight is 333 g/mol. The van der Waals surface area contributed by atoms with E-state index in [1.54, 1.807) is 11.3 Å². The molecule has 0 spiro atoms. The minimum atomic E-state index is -0.128. The van der Waals surface area contributed by atoms with E-state index >= 15 is 0 Å². The molecule has 2 aromatic rings. The lowest BCUT2D eigenvalue weighted by Crippen LogP contribution is -2.38. The number of nitrogens with one attached hydrogen (secondary N) is 1. The summed E-state index contributed by atoms with van der Waals surface area (Å²) in [5, 5.41) is 10.3. The summed E-state index contributed by atoms with van der Waals surface area (Å²) in [5.74, 6) is -0.128. The summed E-state index contributed by atoms with van der Waals surface area (Å²) in [4.78, 5) is 19.2. The van der Waals surface area contributed by atoms with Gasteiger partial charge in [-0.05, 0) is 26.3 Å². The van der Waals surface area contributed by atoms with Gasteiger partial charge in [-0.2, -0.15) is 5.10 Å². The molecule has 0 aliphatic carbocycles. The Bertz CT molecular complexity index is 690. The maximum Gasteiger partial charge on any atom is 0.272 e. The predicted octanol–water partition coefficient (Wildman–Crippen LogP) is 2.06. The number of rotatable bonds is 5. The summed E-state index contributed by atoms with van der Waals surface area (Å²) in [7, 11) is 0. The van der Waals surface area contributed by atoms with Crippen molar-refractivity contribution in [1.29, 1.82) is 0 Å². The molecule has 6 nitrogen and oxygen atoms in total. The van der Waals surface area contributed by atoms with Crippen molar-refractivity contribution in [2.75, 3.05) is 6.54 Å². The van der Waals surface area contributed by atoms with Gasteiger partial charge in [-0.1, -0.05) is 6.92 Å². The van der Waals surface area contributed by atoms with Gasteiger partial charge >= 0.3 is 0 Å². The zero-order valence-electron chi connectivity index (χ0n) is 13.9. The van der Waals surface area contributed by atoms with Gasteiger partial charge in [0.05, 0.1) is 24.5 Å². The third-order valence-electron chi connectivity index (χ3n) is 4.15. The first-order chi connectivity index (χ1) is 11.1. The van der Waals surface area contributed by atoms with Crippen LogP contribution in [0.25, 0.3) is 0 Å². The van der Waals surface area contributed by atoms with Crippen molar-refractivity contribution < 1.29 is 4.79 Å². The molecule has 0 fully saturated rings. The Labute approximate surface area is 140 Å². The fraction of sp³-hybridized carbons (Fsp3) is 0.562. The number of amides is 1. The summed E-state index contributed by atoms with van der Waals surface area (Å²) >= 11 is 1.58. The van der Waals surface area contributed by atoms with Crippen LogP contribution >= 0.6 is 11.3 Å². The molecule has 3 heterocycles. The van der Waals surface area contributed by atoms with E-state index in [1.165, 1.54) is 0 Å². The first kappa shape index (κ1) is 16.1. The van der Waals surface area contributed by atoms with Crippen molar-refractivity contribution in [3.8, 4) is 0 Å². The molecule has 7 heteroatoms. The zero-order chi connectivity index (χ0) is 16.4. The van der Waals surface area contributed by atoms with Crippen LogP contribution < -0.4 is 5.32 Å². The second-order valence-electron chi connectivity index (χ2n) is 6.08. The Hall–Kier alpha value is -1.73. The van der Waals surface area contributed by atoms with Gasteiger partial charge in [0, 0.05) is 24.5 Å². The molecular formula is C16H23N5OS. The second kappa shape index (κ2) is 6.80. The molecule has 0 radical (unpaired) electrons. The highest BCUT2D eigenvalue weighted by atomic mass is 32.1. The van der Waals surface area contributed by atoms with Crippen LogP contribution in [0.5, 0.6) is 0 Å². The number of aromatic nitrogens is 3. The number of fused-ring (bicyclic) bond motifs is 1. The van der Waals surface area contributed by atoms with Crippen LogP contribution in [-0.2, 0) is 26.1 Å². The number of hydrogen-bond acceptors (Lipinski definition) is 5. The van der Waals surface area contributed by atoms with Gasteiger partial charge < -0.3 is 5.32 Å². The minimum Gasteiger partial charge on any atom is -0.344 e. The van der Waals surface area contributed by atoms with Crippen LogP contribution in [0.2, 0.25) is 0 Å². The Morgan fingerprint density at radius 2 is 2.26 bits per heavy atom. The Balaban J connectivity index is 1.62. The highest BCUT2D eigenvalue weighted by Gasteiger charge is 2.22. The third-order valence-corrected chi connectivity index (χ3v) is 5.05. The van der Waals surface area contributed by atoms with Gasteiger partial charge in [0.25, 0.3) is 5.91 Å². The molecular weight excluding hydrogens is 310 g/mol. The Morgan fingerprint density at radius 1 is 1.43 bits per heavy atom. The van der Waals surface area contributed by atoms with E-state index in [4.69, 9.17) is 0 Å². The molecule has 3 rings (SSSR count). The predicted molar refractivity (Wildman–Crippen MR) is 90.4 cm³/mol. The van der Waals surface area contributed by atoms with E-state index in [0.29, 0.717) is 18.3 Å². The average Bonchev–Trinajstić information content (AvgIpc) is 3.18. The van der Waals surface area contributed by atoms with Crippen molar-refractivity contribution in [2.24, 2.45) is 0 Å². The van der Waals surface area contributed by atoms with Gasteiger partial charge in [-0.15, -0.1) is 11.3 Å². The molecule has 0 saturated carbocycles. The maximum atomic E-state index is 12.3. The molecule has 1 aliphatic rings. The Morgan fingerprint density at radius 3 is 2.96 bits per heavy atom. The standard InChI is InChI=1S/C16H23N5OS/c1-4-12-10-23-15(18-12)8-17-16(22)14-7-13-9-20(11(2)3)5-6-21(13)19-14/h7,10-11H,4-6,8-9H2,1-3H3,(H,17,22). The number of carbonyl (C=O) groups excluding carboxylic acids is 1. The fourth-order valence-corrected chi connectivity index (χ4v) is 3.49. The summed E-state index contributed by atoms with van der Waals surface area (Å²) in [6, 6.07) is 2.41. The summed E-state index contributed by atoms with van der Waals surface area (Å²) in [6.07, 6.45) is 0.921. The number of nitrogens with zero attached hydrogens (tertiary/aromatic N) is 4. The molecule has 0 saturated heterocycles. The Kier molecular flexibility index (Phi) is 4.77. The van der Waals surface area contributed by atoms with E-state index in [2.05, 4.69) is 41.1 Å². The molecule has 23 heavy (non-hydrogen) atoms. The zero-order valence-corrected chi connectivity index (χ0v) is 14.7. The molecule has 1 amide bonds. The van der Waals surface area contributed by atoms with Crippen molar-refractivity contribution in [1.82, 2.24) is 25.0 Å². The van der Waals surface area contributed by atoms with Crippen LogP contribution in [-0.4, -0.2) is 38.2 Å². The van der Waals surface area contributed by atoms with Crippen molar-refractivity contribution in [2.45, 2.75) is 52.9 Å². The van der Waals surface area contributed by atoms with Gasteiger partial charge in [-0.25, -0.2) is 4.98 Å². The van der Waals surface area contributed by atoms with E-state index in [1.807, 2.05) is 16.1 Å². The molecule has 0 aromatic carbocycles. The molecule has 0 unspecified atom stereocenters. The number of aryl methyl sites for hydroxylation is 1. The van der Waals surface area contributed by atoms with Crippen molar-refractivity contribution >= 4 is 17.2 Å². The highest BCUT2D eigenvalue weighted by Crippen LogP contribution is 2.16. The lowest BCUT2D eigenvalue weighted by Gasteiger charge is -2.30. The van der Waals surface area contributed by atoms with Crippen LogP contribution in [0.15, 0.2) is 11.4 Å². The van der Waals surface area contributed by atoms with E-state index in [-0.39, 0.29) is 5.91 Å². The van der Waals surface area contributed by atoms with Crippen LogP contribution in [0.4, 0.5) is 0 Å². The second-order valence-corrected chi connectivity index (χ2v) is 7.02. The molecule has 124 valence electrons. The molecule has 1 aliphatic heterocycles. The molecule has 0 bridgehead atoms. The van der Waals surface area contributed by atoms with Gasteiger partial charge in [0.1, 0.15) is 5.01 Å². The lowest BCUT2D eigenvalue weighted by molar-refractivity contribution is 0.0944. The van der Waals surface area contributed by atoms with Crippen LogP contribution in [0, 0.1) is 0 Å². The van der Waals surface area contributed by atoms with E-state index in [0.717, 1.165) is 42.5 Å². The quantitative estimate of drug-likeness (QED) is 0.910. The third kappa shape index (κ3) is 3.61. The minimum absolute atomic E-state index is 0.128. The number of thiazole rings is 1. The van der Waals surface area contributed by atoms with Crippen molar-refractivity contribution in [3.05, 3.63) is 33.5 Å². The van der Waals surface area contributed by atoms with E-state index in [9.17, 15) is 4.79 Å². The first-order valence-electron chi connectivity index (χ1n) is 8.09. The number of hydrogen-bond donors (Lipinski definition) is 1. The summed E-state index contributed by atoms with van der Waals surface area (Å²) in [6.45, 7) is 9.59. The first-order valence-corrected chi connectivity index (χ1v) is 8.97. The molecule has 2 aromatic heterocycles. The fourth-order valence-electron chi connectivity index (χ4n) is 2.68. The molecule has 0 atom stereocenters. The topological polar surface area (TPSA) is 63.1 Å². The summed E-state index contributed by atoms with van der Waals surface area (Å²) < 4.78 is 1.95.